The first kappa shape index (κ1) is 15.2. The Hall–Kier alpha value is -2.69. The fourth-order valence-electron chi connectivity index (χ4n) is 2.84. The summed E-state index contributed by atoms with van der Waals surface area (Å²) in [5, 5.41) is 0. The smallest absolute Gasteiger partial charge is 0.248 e. The van der Waals surface area contributed by atoms with Crippen molar-refractivity contribution in [1.82, 2.24) is 14.5 Å². The van der Waals surface area contributed by atoms with E-state index in [2.05, 4.69) is 29.5 Å². The van der Waals surface area contributed by atoms with Gasteiger partial charge in [-0.15, -0.1) is 0 Å². The Morgan fingerprint density at radius 3 is 2.48 bits per heavy atom. The van der Waals surface area contributed by atoms with Gasteiger partial charge in [-0.25, -0.2) is 9.97 Å². The average molecular weight is 308 g/mol. The molecule has 3 aromatic rings. The molecule has 0 aliphatic heterocycles. The molecule has 0 saturated heterocycles. The number of rotatable bonds is 4. The van der Waals surface area contributed by atoms with Crippen molar-refractivity contribution in [2.24, 2.45) is 5.73 Å². The van der Waals surface area contributed by atoms with Crippen LogP contribution in [-0.2, 0) is 13.0 Å². The minimum absolute atomic E-state index is 0.410. The molecule has 2 aromatic heterocycles. The Morgan fingerprint density at radius 1 is 1.17 bits per heavy atom. The molecular formula is C18H20N4O. The van der Waals surface area contributed by atoms with Crippen molar-refractivity contribution in [3.63, 3.8) is 0 Å². The highest BCUT2D eigenvalue weighted by molar-refractivity contribution is 5.92. The lowest BCUT2D eigenvalue weighted by molar-refractivity contribution is 0.100. The van der Waals surface area contributed by atoms with Gasteiger partial charge in [-0.05, 0) is 43.2 Å². The maximum absolute atomic E-state index is 11.2. The van der Waals surface area contributed by atoms with Crippen LogP contribution in [0.2, 0.25) is 0 Å². The molecule has 2 heterocycles. The van der Waals surface area contributed by atoms with Crippen molar-refractivity contribution in [3.05, 3.63) is 58.5 Å². The van der Waals surface area contributed by atoms with Gasteiger partial charge < -0.3 is 10.3 Å². The fraction of sp³-hybridized carbons (Fsp3) is 0.278. The van der Waals surface area contributed by atoms with E-state index in [9.17, 15) is 4.79 Å². The van der Waals surface area contributed by atoms with E-state index in [1.54, 1.807) is 12.1 Å². The number of benzene rings is 1. The van der Waals surface area contributed by atoms with Crippen molar-refractivity contribution >= 4 is 17.1 Å². The van der Waals surface area contributed by atoms with Gasteiger partial charge in [0.05, 0.1) is 6.54 Å². The molecule has 0 aliphatic carbocycles. The van der Waals surface area contributed by atoms with Crippen LogP contribution in [0.4, 0.5) is 0 Å². The maximum atomic E-state index is 11.2. The normalized spacial score (nSPS) is 11.1. The van der Waals surface area contributed by atoms with Gasteiger partial charge in [-0.1, -0.05) is 19.1 Å². The van der Waals surface area contributed by atoms with Crippen molar-refractivity contribution < 1.29 is 4.79 Å². The number of hydrogen-bond acceptors (Lipinski definition) is 3. The van der Waals surface area contributed by atoms with Gasteiger partial charge in [0.2, 0.25) is 5.91 Å². The Bertz CT molecular complexity index is 878. The highest BCUT2D eigenvalue weighted by Gasteiger charge is 2.13. The molecule has 2 N–H and O–H groups in total. The van der Waals surface area contributed by atoms with Crippen LogP contribution in [-0.4, -0.2) is 20.4 Å². The number of carbonyl (C=O) groups is 1. The summed E-state index contributed by atoms with van der Waals surface area (Å²) in [4.78, 5) is 20.6. The summed E-state index contributed by atoms with van der Waals surface area (Å²) >= 11 is 0. The van der Waals surface area contributed by atoms with E-state index in [0.29, 0.717) is 12.1 Å². The largest absolute Gasteiger partial charge is 0.366 e. The summed E-state index contributed by atoms with van der Waals surface area (Å²) in [6, 6.07) is 9.42. The molecule has 0 aliphatic rings. The molecule has 3 rings (SSSR count). The van der Waals surface area contributed by atoms with E-state index in [0.717, 1.165) is 40.2 Å². The molecule has 0 spiro atoms. The summed E-state index contributed by atoms with van der Waals surface area (Å²) in [7, 11) is 0. The molecule has 5 heteroatoms. The minimum Gasteiger partial charge on any atom is -0.366 e. The number of hydrogen-bond donors (Lipinski definition) is 1. The number of nitrogens with two attached hydrogens (primary N) is 1. The van der Waals surface area contributed by atoms with Crippen LogP contribution in [0.15, 0.2) is 30.3 Å². The first-order chi connectivity index (χ1) is 11.0. The van der Waals surface area contributed by atoms with Crippen LogP contribution >= 0.6 is 0 Å². The number of imidazole rings is 1. The molecule has 0 saturated carbocycles. The zero-order valence-corrected chi connectivity index (χ0v) is 13.6. The van der Waals surface area contributed by atoms with Crippen molar-refractivity contribution in [1.29, 1.82) is 0 Å². The van der Waals surface area contributed by atoms with E-state index < -0.39 is 5.91 Å². The van der Waals surface area contributed by atoms with Gasteiger partial charge >= 0.3 is 0 Å². The molecule has 0 radical (unpaired) electrons. The second-order valence-corrected chi connectivity index (χ2v) is 5.78. The standard InChI is InChI=1S/C18H20N4O/c1-4-15-21-16-11(2)9-12(3)20-18(16)22(15)10-13-5-7-14(8-6-13)17(19)23/h5-9H,4,10H2,1-3H3,(H2,19,23). The van der Waals surface area contributed by atoms with Crippen LogP contribution in [0.3, 0.4) is 0 Å². The topological polar surface area (TPSA) is 73.8 Å². The number of aromatic nitrogens is 3. The van der Waals surface area contributed by atoms with Crippen LogP contribution in [0.1, 0.15) is 39.9 Å². The molecule has 5 nitrogen and oxygen atoms in total. The number of fused-ring (bicyclic) bond motifs is 1. The summed E-state index contributed by atoms with van der Waals surface area (Å²) in [6.07, 6.45) is 0.841. The van der Waals surface area contributed by atoms with Crippen molar-refractivity contribution in [2.75, 3.05) is 0 Å². The van der Waals surface area contributed by atoms with Crippen LogP contribution in [0.25, 0.3) is 11.2 Å². The predicted octanol–water partition coefficient (Wildman–Crippen LogP) is 2.76. The average Bonchev–Trinajstić information content (AvgIpc) is 2.86. The molecule has 118 valence electrons. The number of nitrogens with zero attached hydrogens (tertiary/aromatic N) is 3. The Kier molecular flexibility index (Phi) is 3.86. The van der Waals surface area contributed by atoms with Gasteiger partial charge in [-0.2, -0.15) is 0 Å². The summed E-state index contributed by atoms with van der Waals surface area (Å²) in [6.45, 7) is 6.83. The lowest BCUT2D eigenvalue weighted by atomic mass is 10.1. The molecule has 0 unspecified atom stereocenters. The van der Waals surface area contributed by atoms with Crippen LogP contribution < -0.4 is 5.73 Å². The third kappa shape index (κ3) is 2.82. The number of carbonyl (C=O) groups excluding carboxylic acids is 1. The summed E-state index contributed by atoms with van der Waals surface area (Å²) in [5.41, 5.74) is 10.9. The zero-order chi connectivity index (χ0) is 16.6. The molecule has 23 heavy (non-hydrogen) atoms. The molecule has 1 amide bonds. The highest BCUT2D eigenvalue weighted by atomic mass is 16.1. The van der Waals surface area contributed by atoms with E-state index in [4.69, 9.17) is 10.7 Å². The first-order valence-electron chi connectivity index (χ1n) is 7.71. The van der Waals surface area contributed by atoms with E-state index in [-0.39, 0.29) is 0 Å². The summed E-state index contributed by atoms with van der Waals surface area (Å²) < 4.78 is 2.15. The predicted molar refractivity (Wildman–Crippen MR) is 90.4 cm³/mol. The van der Waals surface area contributed by atoms with E-state index in [1.807, 2.05) is 19.1 Å². The van der Waals surface area contributed by atoms with Gasteiger partial charge in [0.15, 0.2) is 5.65 Å². The summed E-state index contributed by atoms with van der Waals surface area (Å²) in [5.74, 6) is 0.604. The van der Waals surface area contributed by atoms with Crippen molar-refractivity contribution in [3.8, 4) is 0 Å². The van der Waals surface area contributed by atoms with Gasteiger partial charge in [0.1, 0.15) is 11.3 Å². The second kappa shape index (κ2) is 5.83. The molecule has 0 atom stereocenters. The Morgan fingerprint density at radius 2 is 1.87 bits per heavy atom. The third-order valence-electron chi connectivity index (χ3n) is 4.00. The van der Waals surface area contributed by atoms with Crippen LogP contribution in [0.5, 0.6) is 0 Å². The Labute approximate surface area is 135 Å². The van der Waals surface area contributed by atoms with Crippen LogP contribution in [0, 0.1) is 13.8 Å². The first-order valence-corrected chi connectivity index (χ1v) is 7.71. The Balaban J connectivity index is 2.06. The van der Waals surface area contributed by atoms with Gasteiger partial charge in [-0.3, -0.25) is 4.79 Å². The number of primary amides is 1. The molecular weight excluding hydrogens is 288 g/mol. The number of aryl methyl sites for hydroxylation is 3. The zero-order valence-electron chi connectivity index (χ0n) is 13.6. The monoisotopic (exact) mass is 308 g/mol. The number of pyridine rings is 1. The molecule has 0 fully saturated rings. The second-order valence-electron chi connectivity index (χ2n) is 5.78. The quantitative estimate of drug-likeness (QED) is 0.805. The van der Waals surface area contributed by atoms with Gasteiger partial charge in [0, 0.05) is 17.7 Å². The number of amides is 1. The minimum atomic E-state index is -0.410. The SMILES string of the molecule is CCc1nc2c(C)cc(C)nc2n1Cc1ccc(C(N)=O)cc1. The lowest BCUT2D eigenvalue weighted by Gasteiger charge is -2.09. The lowest BCUT2D eigenvalue weighted by Crippen LogP contribution is -2.11. The fourth-order valence-corrected chi connectivity index (χ4v) is 2.84. The van der Waals surface area contributed by atoms with E-state index >= 15 is 0 Å². The molecule has 0 bridgehead atoms. The molecule has 1 aromatic carbocycles. The van der Waals surface area contributed by atoms with E-state index in [1.165, 1.54) is 0 Å². The maximum Gasteiger partial charge on any atom is 0.248 e. The highest BCUT2D eigenvalue weighted by Crippen LogP contribution is 2.21. The van der Waals surface area contributed by atoms with Crippen molar-refractivity contribution in [2.45, 2.75) is 33.7 Å². The van der Waals surface area contributed by atoms with Gasteiger partial charge in [0.25, 0.3) is 0 Å². The third-order valence-corrected chi connectivity index (χ3v) is 4.00.